The summed E-state index contributed by atoms with van der Waals surface area (Å²) in [6.45, 7) is 3.13. The molecule has 100 valence electrons. The average molecular weight is 280 g/mol. The quantitative estimate of drug-likeness (QED) is 0.871. The summed E-state index contributed by atoms with van der Waals surface area (Å²) in [5.41, 5.74) is 1.63. The third-order valence-electron chi connectivity index (χ3n) is 2.62. The third-order valence-corrected chi connectivity index (χ3v) is 2.95. The van der Waals surface area contributed by atoms with Crippen molar-refractivity contribution < 1.29 is 9.13 Å². The number of nitrogens with one attached hydrogen (secondary N) is 1. The minimum atomic E-state index is -0.310. The van der Waals surface area contributed by atoms with E-state index in [1.54, 1.807) is 0 Å². The Morgan fingerprint density at radius 1 is 1.21 bits per heavy atom. The van der Waals surface area contributed by atoms with Gasteiger partial charge in [-0.25, -0.2) is 4.39 Å². The van der Waals surface area contributed by atoms with Gasteiger partial charge < -0.3 is 10.1 Å². The minimum Gasteiger partial charge on any atom is -0.494 e. The number of ether oxygens (including phenoxy) is 1. The molecule has 0 amide bonds. The number of rotatable bonds is 5. The van der Waals surface area contributed by atoms with Gasteiger partial charge >= 0.3 is 0 Å². The Kier molecular flexibility index (Phi) is 4.63. The lowest BCUT2D eigenvalue weighted by Gasteiger charge is -2.10. The van der Waals surface area contributed by atoms with Gasteiger partial charge in [0.2, 0.25) is 0 Å². The second-order valence-electron chi connectivity index (χ2n) is 4.06. The molecule has 2 nitrogen and oxygen atoms in total. The van der Waals surface area contributed by atoms with E-state index in [1.807, 2.05) is 31.2 Å². The van der Waals surface area contributed by atoms with Crippen molar-refractivity contribution in [2.45, 2.75) is 13.5 Å². The molecule has 0 radical (unpaired) electrons. The monoisotopic (exact) mass is 279 g/mol. The molecule has 4 heteroatoms. The Hall–Kier alpha value is -1.74. The molecule has 0 saturated heterocycles. The molecule has 0 heterocycles. The standard InChI is InChI=1S/C15H15ClFNO/c1-2-19-13-5-3-4-11(8-13)10-18-15-9-12(17)6-7-14(15)16/h3-9,18H,2,10H2,1H3. The van der Waals surface area contributed by atoms with E-state index in [9.17, 15) is 4.39 Å². The maximum Gasteiger partial charge on any atom is 0.125 e. The fourth-order valence-corrected chi connectivity index (χ4v) is 1.93. The van der Waals surface area contributed by atoms with Crippen LogP contribution in [0.1, 0.15) is 12.5 Å². The van der Waals surface area contributed by atoms with Crippen LogP contribution in [0.4, 0.5) is 10.1 Å². The highest BCUT2D eigenvalue weighted by Crippen LogP contribution is 2.23. The van der Waals surface area contributed by atoms with Crippen molar-refractivity contribution in [2.24, 2.45) is 0 Å². The zero-order valence-corrected chi connectivity index (χ0v) is 11.4. The lowest BCUT2D eigenvalue weighted by Crippen LogP contribution is -2.01. The van der Waals surface area contributed by atoms with Crippen LogP contribution in [0, 0.1) is 5.82 Å². The third kappa shape index (κ3) is 3.86. The van der Waals surface area contributed by atoms with Gasteiger partial charge in [-0.05, 0) is 42.8 Å². The van der Waals surface area contributed by atoms with Crippen LogP contribution in [0.2, 0.25) is 5.02 Å². The highest BCUT2D eigenvalue weighted by Gasteiger charge is 2.02. The van der Waals surface area contributed by atoms with Crippen LogP contribution in [0.3, 0.4) is 0 Å². The second-order valence-corrected chi connectivity index (χ2v) is 4.47. The average Bonchev–Trinajstić information content (AvgIpc) is 2.41. The fourth-order valence-electron chi connectivity index (χ4n) is 1.74. The summed E-state index contributed by atoms with van der Waals surface area (Å²) >= 11 is 5.99. The lowest BCUT2D eigenvalue weighted by molar-refractivity contribution is 0.340. The van der Waals surface area contributed by atoms with Crippen LogP contribution in [0.15, 0.2) is 42.5 Å². The first kappa shape index (κ1) is 13.7. The summed E-state index contributed by atoms with van der Waals surface area (Å²) < 4.78 is 18.5. The number of benzene rings is 2. The molecule has 0 bridgehead atoms. The molecule has 0 unspecified atom stereocenters. The summed E-state index contributed by atoms with van der Waals surface area (Å²) in [6.07, 6.45) is 0. The molecule has 2 aromatic rings. The first-order valence-corrected chi connectivity index (χ1v) is 6.47. The van der Waals surface area contributed by atoms with Crippen LogP contribution in [0.25, 0.3) is 0 Å². The number of hydrogen-bond acceptors (Lipinski definition) is 2. The first-order chi connectivity index (χ1) is 9.19. The molecular weight excluding hydrogens is 265 g/mol. The van der Waals surface area contributed by atoms with Gasteiger partial charge in [0, 0.05) is 6.54 Å². The second kappa shape index (κ2) is 6.43. The minimum absolute atomic E-state index is 0.310. The maximum atomic E-state index is 13.1. The summed E-state index contributed by atoms with van der Waals surface area (Å²) in [5, 5.41) is 3.61. The Morgan fingerprint density at radius 3 is 2.84 bits per heavy atom. The molecule has 2 rings (SSSR count). The number of anilines is 1. The normalized spacial score (nSPS) is 10.3. The molecule has 0 saturated carbocycles. The fraction of sp³-hybridized carbons (Fsp3) is 0.200. The Bertz CT molecular complexity index is 560. The van der Waals surface area contributed by atoms with Crippen molar-refractivity contribution in [3.05, 3.63) is 58.9 Å². The van der Waals surface area contributed by atoms with Crippen LogP contribution in [-0.2, 0) is 6.54 Å². The molecule has 0 fully saturated rings. The highest BCUT2D eigenvalue weighted by molar-refractivity contribution is 6.33. The van der Waals surface area contributed by atoms with Gasteiger partial charge in [0.05, 0.1) is 17.3 Å². The zero-order valence-electron chi connectivity index (χ0n) is 10.6. The highest BCUT2D eigenvalue weighted by atomic mass is 35.5. The van der Waals surface area contributed by atoms with Crippen molar-refractivity contribution >= 4 is 17.3 Å². The molecule has 0 aliphatic heterocycles. The van der Waals surface area contributed by atoms with Crippen molar-refractivity contribution in [1.82, 2.24) is 0 Å². The molecular formula is C15H15ClFNO. The topological polar surface area (TPSA) is 21.3 Å². The zero-order chi connectivity index (χ0) is 13.7. The van der Waals surface area contributed by atoms with Crippen LogP contribution in [0.5, 0.6) is 5.75 Å². The van der Waals surface area contributed by atoms with E-state index in [-0.39, 0.29) is 5.82 Å². The largest absolute Gasteiger partial charge is 0.494 e. The summed E-state index contributed by atoms with van der Waals surface area (Å²) in [4.78, 5) is 0. The van der Waals surface area contributed by atoms with Gasteiger partial charge in [-0.3, -0.25) is 0 Å². The van der Waals surface area contributed by atoms with E-state index >= 15 is 0 Å². The predicted octanol–water partition coefficient (Wildman–Crippen LogP) is 4.49. The smallest absolute Gasteiger partial charge is 0.125 e. The lowest BCUT2D eigenvalue weighted by atomic mass is 10.2. The van der Waals surface area contributed by atoms with Gasteiger partial charge in [0.1, 0.15) is 11.6 Å². The first-order valence-electron chi connectivity index (χ1n) is 6.09. The molecule has 0 spiro atoms. The molecule has 2 aromatic carbocycles. The van der Waals surface area contributed by atoms with Crippen molar-refractivity contribution in [2.75, 3.05) is 11.9 Å². The van der Waals surface area contributed by atoms with Crippen LogP contribution < -0.4 is 10.1 Å². The Labute approximate surface area is 117 Å². The van der Waals surface area contributed by atoms with Gasteiger partial charge in [-0.2, -0.15) is 0 Å². The van der Waals surface area contributed by atoms with Crippen molar-refractivity contribution in [3.63, 3.8) is 0 Å². The van der Waals surface area contributed by atoms with E-state index in [4.69, 9.17) is 16.3 Å². The summed E-state index contributed by atoms with van der Waals surface area (Å²) in [5.74, 6) is 0.516. The van der Waals surface area contributed by atoms with E-state index in [0.29, 0.717) is 23.9 Å². The SMILES string of the molecule is CCOc1cccc(CNc2cc(F)ccc2Cl)c1. The number of halogens is 2. The van der Waals surface area contributed by atoms with E-state index in [1.165, 1.54) is 18.2 Å². The van der Waals surface area contributed by atoms with Gasteiger partial charge in [-0.15, -0.1) is 0 Å². The molecule has 1 N–H and O–H groups in total. The van der Waals surface area contributed by atoms with Gasteiger partial charge in [-0.1, -0.05) is 23.7 Å². The summed E-state index contributed by atoms with van der Waals surface area (Å²) in [7, 11) is 0. The van der Waals surface area contributed by atoms with Gasteiger partial charge in [0.25, 0.3) is 0 Å². The van der Waals surface area contributed by atoms with Crippen LogP contribution >= 0.6 is 11.6 Å². The van der Waals surface area contributed by atoms with E-state index in [0.717, 1.165) is 11.3 Å². The number of hydrogen-bond donors (Lipinski definition) is 1. The van der Waals surface area contributed by atoms with E-state index in [2.05, 4.69) is 5.32 Å². The molecule has 0 atom stereocenters. The Morgan fingerprint density at radius 2 is 2.05 bits per heavy atom. The Balaban J connectivity index is 2.05. The van der Waals surface area contributed by atoms with E-state index < -0.39 is 0 Å². The molecule has 0 aliphatic rings. The van der Waals surface area contributed by atoms with Gasteiger partial charge in [0.15, 0.2) is 0 Å². The molecule has 0 aromatic heterocycles. The van der Waals surface area contributed by atoms with Crippen LogP contribution in [-0.4, -0.2) is 6.61 Å². The molecule has 19 heavy (non-hydrogen) atoms. The maximum absolute atomic E-state index is 13.1. The van der Waals surface area contributed by atoms with Crippen molar-refractivity contribution in [3.8, 4) is 5.75 Å². The predicted molar refractivity (Wildman–Crippen MR) is 76.3 cm³/mol. The summed E-state index contributed by atoms with van der Waals surface area (Å²) in [6, 6.07) is 12.0. The molecule has 0 aliphatic carbocycles. The van der Waals surface area contributed by atoms with Crippen molar-refractivity contribution in [1.29, 1.82) is 0 Å².